The molecule has 0 aliphatic carbocycles. The second-order valence-corrected chi connectivity index (χ2v) is 7.36. The summed E-state index contributed by atoms with van der Waals surface area (Å²) in [4.78, 5) is 15.9. The third kappa shape index (κ3) is 4.04. The molecule has 1 aromatic heterocycles. The number of carbonyl (C=O) groups excluding carboxylic acids is 1. The van der Waals surface area contributed by atoms with Gasteiger partial charge in [-0.2, -0.15) is 4.31 Å². The highest BCUT2D eigenvalue weighted by Gasteiger charge is 2.28. The van der Waals surface area contributed by atoms with Crippen molar-refractivity contribution in [2.24, 2.45) is 7.05 Å². The predicted octanol–water partition coefficient (Wildman–Crippen LogP) is 0.354. The van der Waals surface area contributed by atoms with Gasteiger partial charge in [0.1, 0.15) is 0 Å². The Morgan fingerprint density at radius 1 is 1.48 bits per heavy atom. The Kier molecular flexibility index (Phi) is 5.00. The number of sulfonamides is 1. The molecule has 8 heteroatoms. The third-order valence-electron chi connectivity index (χ3n) is 3.79. The number of hydrogen-bond donors (Lipinski definition) is 1. The van der Waals surface area contributed by atoms with Crippen LogP contribution in [0.5, 0.6) is 0 Å². The molecule has 0 radical (unpaired) electrons. The van der Waals surface area contributed by atoms with E-state index in [1.165, 1.54) is 6.26 Å². The molecule has 0 saturated carbocycles. The fourth-order valence-electron chi connectivity index (χ4n) is 2.71. The molecule has 21 heavy (non-hydrogen) atoms. The lowest BCUT2D eigenvalue weighted by molar-refractivity contribution is 0.0936. The van der Waals surface area contributed by atoms with Gasteiger partial charge in [-0.15, -0.1) is 0 Å². The molecule has 118 valence electrons. The largest absolute Gasteiger partial charge is 0.349 e. The second kappa shape index (κ2) is 6.57. The molecule has 0 aromatic carbocycles. The summed E-state index contributed by atoms with van der Waals surface area (Å²) in [5.41, 5.74) is 0. The molecule has 2 heterocycles. The number of aryl methyl sites for hydroxylation is 1. The minimum atomic E-state index is -3.17. The fourth-order valence-corrected chi connectivity index (χ4v) is 3.93. The van der Waals surface area contributed by atoms with Crippen molar-refractivity contribution in [1.29, 1.82) is 0 Å². The van der Waals surface area contributed by atoms with Crippen LogP contribution in [-0.4, -0.2) is 53.6 Å². The van der Waals surface area contributed by atoms with E-state index in [4.69, 9.17) is 0 Å². The lowest BCUT2D eigenvalue weighted by Gasteiger charge is -2.33. The van der Waals surface area contributed by atoms with Crippen LogP contribution in [0.15, 0.2) is 12.4 Å². The maximum atomic E-state index is 11.9. The van der Waals surface area contributed by atoms with E-state index in [0.717, 1.165) is 19.3 Å². The number of carbonyl (C=O) groups is 1. The van der Waals surface area contributed by atoms with E-state index in [1.54, 1.807) is 28.3 Å². The summed E-state index contributed by atoms with van der Waals surface area (Å²) in [5.74, 6) is 0.128. The van der Waals surface area contributed by atoms with Crippen LogP contribution in [0.4, 0.5) is 0 Å². The smallest absolute Gasteiger partial charge is 0.287 e. The Bertz CT molecular complexity index is 596. The zero-order valence-electron chi connectivity index (χ0n) is 12.4. The number of aromatic nitrogens is 2. The van der Waals surface area contributed by atoms with Crippen molar-refractivity contribution in [3.05, 3.63) is 18.2 Å². The monoisotopic (exact) mass is 314 g/mol. The normalized spacial score (nSPS) is 20.4. The van der Waals surface area contributed by atoms with Gasteiger partial charge in [-0.3, -0.25) is 4.79 Å². The Morgan fingerprint density at radius 3 is 2.86 bits per heavy atom. The molecule has 1 unspecified atom stereocenters. The fraction of sp³-hybridized carbons (Fsp3) is 0.692. The molecule has 7 nitrogen and oxygen atoms in total. The minimum Gasteiger partial charge on any atom is -0.349 e. The van der Waals surface area contributed by atoms with Gasteiger partial charge in [0.05, 0.1) is 6.26 Å². The standard InChI is InChI=1S/C13H22N4O3S/c1-16-10-8-14-12(16)13(18)15-7-6-11-5-3-4-9-17(11)21(2,19)20/h8,10-11H,3-7,9H2,1-2H3,(H,15,18). The van der Waals surface area contributed by atoms with Crippen molar-refractivity contribution < 1.29 is 13.2 Å². The zero-order valence-corrected chi connectivity index (χ0v) is 13.3. The first-order chi connectivity index (χ1) is 9.89. The summed E-state index contributed by atoms with van der Waals surface area (Å²) in [7, 11) is -1.41. The van der Waals surface area contributed by atoms with E-state index < -0.39 is 10.0 Å². The van der Waals surface area contributed by atoms with Gasteiger partial charge in [0.25, 0.3) is 5.91 Å². The van der Waals surface area contributed by atoms with Crippen LogP contribution in [0, 0.1) is 0 Å². The van der Waals surface area contributed by atoms with Crippen LogP contribution in [0.1, 0.15) is 36.3 Å². The Balaban J connectivity index is 1.87. The summed E-state index contributed by atoms with van der Waals surface area (Å²) >= 11 is 0. The Labute approximate surface area is 125 Å². The number of imidazole rings is 1. The van der Waals surface area contributed by atoms with Crippen LogP contribution in [0.2, 0.25) is 0 Å². The number of amides is 1. The van der Waals surface area contributed by atoms with Crippen molar-refractivity contribution in [3.63, 3.8) is 0 Å². The lowest BCUT2D eigenvalue weighted by Crippen LogP contribution is -2.44. The van der Waals surface area contributed by atoms with Crippen LogP contribution >= 0.6 is 0 Å². The predicted molar refractivity (Wildman–Crippen MR) is 79.3 cm³/mol. The van der Waals surface area contributed by atoms with Gasteiger partial charge in [0, 0.05) is 38.6 Å². The number of nitrogens with zero attached hydrogens (tertiary/aromatic N) is 3. The number of hydrogen-bond acceptors (Lipinski definition) is 4. The molecule has 0 spiro atoms. The summed E-state index contributed by atoms with van der Waals surface area (Å²) in [6, 6.07) is -0.0181. The van der Waals surface area contributed by atoms with Crippen molar-refractivity contribution >= 4 is 15.9 Å². The maximum absolute atomic E-state index is 11.9. The van der Waals surface area contributed by atoms with Crippen molar-refractivity contribution in [1.82, 2.24) is 19.2 Å². The Morgan fingerprint density at radius 2 is 2.24 bits per heavy atom. The highest BCUT2D eigenvalue weighted by molar-refractivity contribution is 7.88. The second-order valence-electron chi connectivity index (χ2n) is 5.43. The molecular formula is C13H22N4O3S. The minimum absolute atomic E-state index is 0.0181. The van der Waals surface area contributed by atoms with Gasteiger partial charge in [0.15, 0.2) is 5.82 Å². The molecule has 1 aliphatic heterocycles. The average molecular weight is 314 g/mol. The summed E-state index contributed by atoms with van der Waals surface area (Å²) in [5, 5.41) is 2.80. The highest BCUT2D eigenvalue weighted by atomic mass is 32.2. The summed E-state index contributed by atoms with van der Waals surface area (Å²) < 4.78 is 26.7. The molecule has 1 fully saturated rings. The maximum Gasteiger partial charge on any atom is 0.287 e. The van der Waals surface area contributed by atoms with E-state index in [0.29, 0.717) is 25.3 Å². The van der Waals surface area contributed by atoms with E-state index in [9.17, 15) is 13.2 Å². The first kappa shape index (κ1) is 16.0. The third-order valence-corrected chi connectivity index (χ3v) is 5.12. The lowest BCUT2D eigenvalue weighted by atomic mass is 10.0. The number of rotatable bonds is 5. The highest BCUT2D eigenvalue weighted by Crippen LogP contribution is 2.21. The SMILES string of the molecule is Cn1ccnc1C(=O)NCCC1CCCCN1S(C)(=O)=O. The first-order valence-electron chi connectivity index (χ1n) is 7.12. The molecule has 1 amide bonds. The molecule has 1 atom stereocenters. The van der Waals surface area contributed by atoms with Gasteiger partial charge in [-0.1, -0.05) is 6.42 Å². The summed E-state index contributed by atoms with van der Waals surface area (Å²) in [6.07, 6.45) is 7.95. The quantitative estimate of drug-likeness (QED) is 0.850. The van der Waals surface area contributed by atoms with Crippen molar-refractivity contribution in [2.75, 3.05) is 19.3 Å². The topological polar surface area (TPSA) is 84.3 Å². The first-order valence-corrected chi connectivity index (χ1v) is 8.97. The van der Waals surface area contributed by atoms with Crippen molar-refractivity contribution in [2.45, 2.75) is 31.7 Å². The van der Waals surface area contributed by atoms with E-state index >= 15 is 0 Å². The average Bonchev–Trinajstić information content (AvgIpc) is 2.84. The number of piperidine rings is 1. The van der Waals surface area contributed by atoms with Gasteiger partial charge >= 0.3 is 0 Å². The molecule has 1 N–H and O–H groups in total. The van der Waals surface area contributed by atoms with Crippen LogP contribution in [0.25, 0.3) is 0 Å². The van der Waals surface area contributed by atoms with Crippen LogP contribution in [0.3, 0.4) is 0 Å². The van der Waals surface area contributed by atoms with Crippen LogP contribution < -0.4 is 5.32 Å². The summed E-state index contributed by atoms with van der Waals surface area (Å²) in [6.45, 7) is 1.03. The van der Waals surface area contributed by atoms with Gasteiger partial charge in [-0.25, -0.2) is 13.4 Å². The molecule has 2 rings (SSSR count). The van der Waals surface area contributed by atoms with Crippen molar-refractivity contribution in [3.8, 4) is 0 Å². The molecule has 0 bridgehead atoms. The molecular weight excluding hydrogens is 292 g/mol. The van der Waals surface area contributed by atoms with E-state index in [2.05, 4.69) is 10.3 Å². The molecule has 1 aliphatic rings. The van der Waals surface area contributed by atoms with Gasteiger partial charge in [-0.05, 0) is 19.3 Å². The van der Waals surface area contributed by atoms with Gasteiger partial charge in [0.2, 0.25) is 10.0 Å². The Hall–Kier alpha value is -1.41. The number of nitrogens with one attached hydrogen (secondary N) is 1. The van der Waals surface area contributed by atoms with Crippen LogP contribution in [-0.2, 0) is 17.1 Å². The molecule has 1 saturated heterocycles. The van der Waals surface area contributed by atoms with Gasteiger partial charge < -0.3 is 9.88 Å². The molecule has 1 aromatic rings. The van der Waals surface area contributed by atoms with E-state index in [1.807, 2.05) is 0 Å². The van der Waals surface area contributed by atoms with E-state index in [-0.39, 0.29) is 11.9 Å². The zero-order chi connectivity index (χ0) is 15.5.